The summed E-state index contributed by atoms with van der Waals surface area (Å²) in [6.07, 6.45) is 0.878. The quantitative estimate of drug-likeness (QED) is 0.891. The van der Waals surface area contributed by atoms with Crippen LogP contribution in [0.5, 0.6) is 5.75 Å². The zero-order valence-corrected chi connectivity index (χ0v) is 10.9. The molecule has 0 bridgehead atoms. The third-order valence-corrected chi connectivity index (χ3v) is 3.09. The highest BCUT2D eigenvalue weighted by molar-refractivity contribution is 5.38. The van der Waals surface area contributed by atoms with Crippen molar-refractivity contribution in [1.82, 2.24) is 0 Å². The number of para-hydroxylation sites is 1. The molecule has 18 heavy (non-hydrogen) atoms. The van der Waals surface area contributed by atoms with Crippen molar-refractivity contribution in [1.29, 1.82) is 0 Å². The van der Waals surface area contributed by atoms with Gasteiger partial charge in [0.15, 0.2) is 0 Å². The van der Waals surface area contributed by atoms with Crippen molar-refractivity contribution in [3.63, 3.8) is 0 Å². The second-order valence-electron chi connectivity index (χ2n) is 4.52. The molecule has 0 amide bonds. The number of methoxy groups -OCH3 is 1. The molecule has 1 atom stereocenters. The fourth-order valence-corrected chi connectivity index (χ4v) is 2.01. The molecule has 0 heterocycles. The van der Waals surface area contributed by atoms with E-state index < -0.39 is 0 Å². The molecular weight excluding hydrogens is 222 g/mol. The number of hydrogen-bond acceptors (Lipinski definition) is 2. The topological polar surface area (TPSA) is 35.2 Å². The van der Waals surface area contributed by atoms with Crippen LogP contribution in [0.15, 0.2) is 48.5 Å². The summed E-state index contributed by atoms with van der Waals surface area (Å²) in [5, 5.41) is 0. The fraction of sp³-hybridized carbons (Fsp3) is 0.250. The molecule has 1 unspecified atom stereocenters. The van der Waals surface area contributed by atoms with E-state index in [-0.39, 0.29) is 6.04 Å². The Kier molecular flexibility index (Phi) is 4.00. The summed E-state index contributed by atoms with van der Waals surface area (Å²) in [6.45, 7) is 2.00. The van der Waals surface area contributed by atoms with Crippen LogP contribution in [0.4, 0.5) is 0 Å². The van der Waals surface area contributed by atoms with Crippen molar-refractivity contribution in [3.05, 3.63) is 65.2 Å². The van der Waals surface area contributed by atoms with Crippen LogP contribution in [0.3, 0.4) is 0 Å². The Balaban J connectivity index is 2.18. The van der Waals surface area contributed by atoms with E-state index >= 15 is 0 Å². The number of nitrogens with two attached hydrogens (primary N) is 1. The van der Waals surface area contributed by atoms with Crippen molar-refractivity contribution in [2.45, 2.75) is 19.4 Å². The highest BCUT2D eigenvalue weighted by atomic mass is 16.5. The Morgan fingerprint density at radius 3 is 2.33 bits per heavy atom. The predicted molar refractivity (Wildman–Crippen MR) is 74.8 cm³/mol. The zero-order valence-electron chi connectivity index (χ0n) is 10.9. The highest BCUT2D eigenvalue weighted by Gasteiger charge is 2.04. The lowest BCUT2D eigenvalue weighted by molar-refractivity contribution is 0.410. The van der Waals surface area contributed by atoms with Gasteiger partial charge >= 0.3 is 0 Å². The van der Waals surface area contributed by atoms with Gasteiger partial charge in [-0.1, -0.05) is 42.5 Å². The van der Waals surface area contributed by atoms with E-state index in [1.54, 1.807) is 7.11 Å². The Labute approximate surface area is 108 Å². The molecule has 2 aromatic rings. The molecule has 2 N–H and O–H groups in total. The molecule has 0 saturated heterocycles. The first kappa shape index (κ1) is 12.7. The number of hydrogen-bond donors (Lipinski definition) is 1. The second kappa shape index (κ2) is 5.69. The lowest BCUT2D eigenvalue weighted by atomic mass is 10.0. The summed E-state index contributed by atoms with van der Waals surface area (Å²) in [5.41, 5.74) is 9.48. The van der Waals surface area contributed by atoms with Gasteiger partial charge in [-0.15, -0.1) is 0 Å². The summed E-state index contributed by atoms with van der Waals surface area (Å²) >= 11 is 0. The maximum Gasteiger partial charge on any atom is 0.122 e. The first-order chi connectivity index (χ1) is 8.70. The lowest BCUT2D eigenvalue weighted by Crippen LogP contribution is -2.04. The first-order valence-corrected chi connectivity index (χ1v) is 6.17. The van der Waals surface area contributed by atoms with Crippen molar-refractivity contribution in [3.8, 4) is 5.75 Å². The molecule has 2 aromatic carbocycles. The molecule has 2 heteroatoms. The minimum atomic E-state index is 0.0883. The van der Waals surface area contributed by atoms with Crippen LogP contribution in [-0.4, -0.2) is 7.11 Å². The van der Waals surface area contributed by atoms with E-state index in [1.807, 2.05) is 25.1 Å². The monoisotopic (exact) mass is 241 g/mol. The fourth-order valence-electron chi connectivity index (χ4n) is 2.01. The van der Waals surface area contributed by atoms with Gasteiger partial charge in [-0.05, 0) is 29.7 Å². The molecule has 2 rings (SSSR count). The average Bonchev–Trinajstić information content (AvgIpc) is 2.40. The summed E-state index contributed by atoms with van der Waals surface area (Å²) in [7, 11) is 1.71. The van der Waals surface area contributed by atoms with Crippen LogP contribution in [0.1, 0.15) is 29.7 Å². The van der Waals surface area contributed by atoms with Gasteiger partial charge in [0, 0.05) is 12.5 Å². The molecular formula is C16H19NO. The molecule has 0 fully saturated rings. The Hall–Kier alpha value is -1.80. The second-order valence-corrected chi connectivity index (χ2v) is 4.52. The normalized spacial score (nSPS) is 12.2. The molecule has 0 aliphatic heterocycles. The van der Waals surface area contributed by atoms with Crippen LogP contribution >= 0.6 is 0 Å². The highest BCUT2D eigenvalue weighted by Crippen LogP contribution is 2.21. The zero-order chi connectivity index (χ0) is 13.0. The average molecular weight is 241 g/mol. The van der Waals surface area contributed by atoms with E-state index in [0.29, 0.717) is 0 Å². The molecule has 0 aliphatic carbocycles. The molecule has 2 nitrogen and oxygen atoms in total. The minimum Gasteiger partial charge on any atom is -0.496 e. The van der Waals surface area contributed by atoms with Gasteiger partial charge < -0.3 is 10.5 Å². The molecule has 0 saturated carbocycles. The van der Waals surface area contributed by atoms with Gasteiger partial charge in [0.1, 0.15) is 5.75 Å². The van der Waals surface area contributed by atoms with Crippen LogP contribution in [-0.2, 0) is 6.42 Å². The van der Waals surface area contributed by atoms with E-state index in [0.717, 1.165) is 12.2 Å². The van der Waals surface area contributed by atoms with Gasteiger partial charge in [-0.2, -0.15) is 0 Å². The van der Waals surface area contributed by atoms with Gasteiger partial charge in [-0.25, -0.2) is 0 Å². The Bertz CT molecular complexity index is 503. The van der Waals surface area contributed by atoms with E-state index in [9.17, 15) is 0 Å². The standard InChI is InChI=1S/C16H19NO/c1-12(17)14-9-7-13(8-10-14)11-15-5-3-4-6-16(15)18-2/h3-10,12H,11,17H2,1-2H3. The van der Waals surface area contributed by atoms with Crippen molar-refractivity contribution < 1.29 is 4.74 Å². The molecule has 0 spiro atoms. The van der Waals surface area contributed by atoms with Crippen LogP contribution in [0.25, 0.3) is 0 Å². The third kappa shape index (κ3) is 2.90. The van der Waals surface area contributed by atoms with Crippen molar-refractivity contribution >= 4 is 0 Å². The van der Waals surface area contributed by atoms with E-state index in [4.69, 9.17) is 10.5 Å². The molecule has 94 valence electrons. The molecule has 0 aliphatic rings. The Morgan fingerprint density at radius 1 is 1.06 bits per heavy atom. The van der Waals surface area contributed by atoms with Crippen molar-refractivity contribution in [2.24, 2.45) is 5.73 Å². The van der Waals surface area contributed by atoms with Gasteiger partial charge in [-0.3, -0.25) is 0 Å². The van der Waals surface area contributed by atoms with Crippen LogP contribution < -0.4 is 10.5 Å². The first-order valence-electron chi connectivity index (χ1n) is 6.17. The van der Waals surface area contributed by atoms with E-state index in [1.165, 1.54) is 16.7 Å². The smallest absolute Gasteiger partial charge is 0.122 e. The van der Waals surface area contributed by atoms with Crippen LogP contribution in [0, 0.1) is 0 Å². The SMILES string of the molecule is COc1ccccc1Cc1ccc(C(C)N)cc1. The van der Waals surface area contributed by atoms with Crippen LogP contribution in [0.2, 0.25) is 0 Å². The van der Waals surface area contributed by atoms with Gasteiger partial charge in [0.05, 0.1) is 7.11 Å². The third-order valence-electron chi connectivity index (χ3n) is 3.09. The molecule has 0 radical (unpaired) electrons. The van der Waals surface area contributed by atoms with Crippen molar-refractivity contribution in [2.75, 3.05) is 7.11 Å². The number of ether oxygens (including phenoxy) is 1. The number of rotatable bonds is 4. The summed E-state index contributed by atoms with van der Waals surface area (Å²) in [4.78, 5) is 0. The Morgan fingerprint density at radius 2 is 1.72 bits per heavy atom. The predicted octanol–water partition coefficient (Wildman–Crippen LogP) is 3.31. The minimum absolute atomic E-state index is 0.0883. The largest absolute Gasteiger partial charge is 0.496 e. The van der Waals surface area contributed by atoms with Gasteiger partial charge in [0.2, 0.25) is 0 Å². The molecule has 0 aromatic heterocycles. The summed E-state index contributed by atoms with van der Waals surface area (Å²) in [5.74, 6) is 0.939. The van der Waals surface area contributed by atoms with Gasteiger partial charge in [0.25, 0.3) is 0 Å². The summed E-state index contributed by atoms with van der Waals surface area (Å²) in [6, 6.07) is 16.6. The van der Waals surface area contributed by atoms with E-state index in [2.05, 4.69) is 30.3 Å². The maximum absolute atomic E-state index is 5.84. The number of benzene rings is 2. The summed E-state index contributed by atoms with van der Waals surface area (Å²) < 4.78 is 5.36. The lowest BCUT2D eigenvalue weighted by Gasteiger charge is -2.10. The maximum atomic E-state index is 5.84.